The monoisotopic (exact) mass is 374 g/mol. The van der Waals surface area contributed by atoms with E-state index in [0.29, 0.717) is 11.4 Å². The number of ether oxygens (including phenoxy) is 2. The van der Waals surface area contributed by atoms with Gasteiger partial charge >= 0.3 is 0 Å². The van der Waals surface area contributed by atoms with Crippen LogP contribution in [0.4, 0.5) is 5.69 Å². The summed E-state index contributed by atoms with van der Waals surface area (Å²) in [7, 11) is 2.84. The van der Waals surface area contributed by atoms with Crippen LogP contribution < -0.4 is 14.8 Å². The third-order valence-corrected chi connectivity index (χ3v) is 4.37. The molecule has 0 fully saturated rings. The van der Waals surface area contributed by atoms with Crippen molar-refractivity contribution in [2.24, 2.45) is 5.92 Å². The number of fused-ring (bicyclic) bond motifs is 1. The lowest BCUT2D eigenvalue weighted by molar-refractivity contribution is -0.117. The first kappa shape index (κ1) is 18.9. The van der Waals surface area contributed by atoms with Gasteiger partial charge in [-0.1, -0.05) is 42.5 Å². The van der Waals surface area contributed by atoms with E-state index in [1.165, 1.54) is 20.3 Å². The molecule has 0 spiro atoms. The molecule has 0 aliphatic heterocycles. The molecule has 0 heterocycles. The number of hydrogen-bond donors (Lipinski definition) is 1. The minimum Gasteiger partial charge on any atom is -0.493 e. The Morgan fingerprint density at radius 2 is 1.68 bits per heavy atom. The van der Waals surface area contributed by atoms with E-state index in [4.69, 9.17) is 9.47 Å². The highest BCUT2D eigenvalue weighted by Crippen LogP contribution is 2.32. The van der Waals surface area contributed by atoms with Crippen molar-refractivity contribution in [1.82, 2.24) is 0 Å². The van der Waals surface area contributed by atoms with E-state index in [2.05, 4.69) is 5.32 Å². The van der Waals surface area contributed by atoms with Crippen molar-refractivity contribution in [2.75, 3.05) is 19.5 Å². The van der Waals surface area contributed by atoms with Crippen LogP contribution in [-0.4, -0.2) is 25.9 Å². The van der Waals surface area contributed by atoms with E-state index < -0.39 is 17.6 Å². The molecule has 1 amide bonds. The lowest BCUT2D eigenvalue weighted by Crippen LogP contribution is -2.29. The molecule has 3 aromatic rings. The summed E-state index contributed by atoms with van der Waals surface area (Å²) in [4.78, 5) is 25.6. The maximum Gasteiger partial charge on any atom is 0.249 e. The number of carbonyl (C=O) groups is 2. The number of ketones is 1. The molecule has 0 aromatic heterocycles. The van der Waals surface area contributed by atoms with Gasteiger partial charge in [-0.25, -0.2) is 0 Å². The van der Waals surface area contributed by atoms with Crippen molar-refractivity contribution in [1.29, 1.82) is 5.26 Å². The molecule has 6 heteroatoms. The first-order valence-electron chi connectivity index (χ1n) is 8.54. The van der Waals surface area contributed by atoms with Gasteiger partial charge in [0.25, 0.3) is 0 Å². The smallest absolute Gasteiger partial charge is 0.249 e. The van der Waals surface area contributed by atoms with Gasteiger partial charge in [-0.05, 0) is 23.6 Å². The van der Waals surface area contributed by atoms with Crippen LogP contribution in [0.3, 0.4) is 0 Å². The molecule has 1 N–H and O–H groups in total. The maximum absolute atomic E-state index is 12.9. The minimum absolute atomic E-state index is 0.112. The summed E-state index contributed by atoms with van der Waals surface area (Å²) >= 11 is 0. The van der Waals surface area contributed by atoms with Gasteiger partial charge in [-0.3, -0.25) is 9.59 Å². The highest BCUT2D eigenvalue weighted by Gasteiger charge is 2.31. The average Bonchev–Trinajstić information content (AvgIpc) is 2.73. The van der Waals surface area contributed by atoms with Gasteiger partial charge < -0.3 is 14.8 Å². The fraction of sp³-hybridized carbons (Fsp3) is 0.136. The number of Topliss-reactive ketones (excluding diaryl/α,β-unsaturated/α-hetero) is 1. The van der Waals surface area contributed by atoms with Crippen LogP contribution >= 0.6 is 0 Å². The Hall–Kier alpha value is -3.85. The number of hydrogen-bond acceptors (Lipinski definition) is 5. The Kier molecular flexibility index (Phi) is 5.56. The molecule has 3 aromatic carbocycles. The fourth-order valence-electron chi connectivity index (χ4n) is 3.01. The normalized spacial score (nSPS) is 11.3. The summed E-state index contributed by atoms with van der Waals surface area (Å²) in [6, 6.07) is 19.5. The molecule has 3 rings (SSSR count). The summed E-state index contributed by atoms with van der Waals surface area (Å²) < 4.78 is 10.4. The molecule has 0 unspecified atom stereocenters. The van der Waals surface area contributed by atoms with Crippen LogP contribution in [0.25, 0.3) is 10.8 Å². The van der Waals surface area contributed by atoms with Crippen LogP contribution in [0.5, 0.6) is 11.5 Å². The second-order valence-corrected chi connectivity index (χ2v) is 5.98. The summed E-state index contributed by atoms with van der Waals surface area (Å²) in [5.74, 6) is -2.35. The Balaban J connectivity index is 1.92. The van der Waals surface area contributed by atoms with Gasteiger partial charge in [0.15, 0.2) is 23.2 Å². The second kappa shape index (κ2) is 8.23. The van der Waals surface area contributed by atoms with Gasteiger partial charge in [0.2, 0.25) is 5.91 Å². The molecular formula is C22H18N2O4. The topological polar surface area (TPSA) is 88.4 Å². The SMILES string of the molecule is COc1cccc(C(=O)[C@H](C#N)C(=O)Nc2cccc3ccccc23)c1OC. The average molecular weight is 374 g/mol. The van der Waals surface area contributed by atoms with Crippen molar-refractivity contribution < 1.29 is 19.1 Å². The zero-order chi connectivity index (χ0) is 20.1. The van der Waals surface area contributed by atoms with Crippen molar-refractivity contribution in [3.05, 3.63) is 66.2 Å². The molecule has 0 saturated heterocycles. The molecule has 6 nitrogen and oxygen atoms in total. The minimum atomic E-state index is -1.53. The van der Waals surface area contributed by atoms with Gasteiger partial charge in [-0.15, -0.1) is 0 Å². The maximum atomic E-state index is 12.9. The zero-order valence-corrected chi connectivity index (χ0v) is 15.4. The predicted molar refractivity (Wildman–Crippen MR) is 106 cm³/mol. The summed E-state index contributed by atoms with van der Waals surface area (Å²) in [5.41, 5.74) is 0.648. The highest BCUT2D eigenvalue weighted by molar-refractivity contribution is 6.18. The molecule has 0 bridgehead atoms. The molecule has 1 atom stereocenters. The van der Waals surface area contributed by atoms with Crippen LogP contribution in [0.15, 0.2) is 60.7 Å². The third-order valence-electron chi connectivity index (χ3n) is 4.37. The second-order valence-electron chi connectivity index (χ2n) is 5.98. The quantitative estimate of drug-likeness (QED) is 0.523. The van der Waals surface area contributed by atoms with E-state index in [9.17, 15) is 14.9 Å². The number of nitrogens with one attached hydrogen (secondary N) is 1. The number of anilines is 1. The van der Waals surface area contributed by atoms with Gasteiger partial charge in [0, 0.05) is 11.1 Å². The van der Waals surface area contributed by atoms with Crippen molar-refractivity contribution in [3.8, 4) is 17.6 Å². The molecule has 140 valence electrons. The molecule has 0 radical (unpaired) electrons. The Labute approximate surface area is 162 Å². The summed E-state index contributed by atoms with van der Waals surface area (Å²) in [6.45, 7) is 0. The number of benzene rings is 3. The summed E-state index contributed by atoms with van der Waals surface area (Å²) in [5, 5.41) is 14.0. The number of carbonyl (C=O) groups excluding carboxylic acids is 2. The molecule has 28 heavy (non-hydrogen) atoms. The number of para-hydroxylation sites is 1. The lowest BCUT2D eigenvalue weighted by atomic mass is 9.96. The Bertz CT molecular complexity index is 1080. The number of rotatable bonds is 6. The van der Waals surface area contributed by atoms with Crippen molar-refractivity contribution >= 4 is 28.2 Å². The highest BCUT2D eigenvalue weighted by atomic mass is 16.5. The van der Waals surface area contributed by atoms with Gasteiger partial charge in [-0.2, -0.15) is 5.26 Å². The zero-order valence-electron chi connectivity index (χ0n) is 15.4. The lowest BCUT2D eigenvalue weighted by Gasteiger charge is -2.15. The summed E-state index contributed by atoms with van der Waals surface area (Å²) in [6.07, 6.45) is 0. The van der Waals surface area contributed by atoms with E-state index in [0.717, 1.165) is 10.8 Å². The molecule has 0 aliphatic rings. The van der Waals surface area contributed by atoms with Crippen LogP contribution in [0, 0.1) is 17.2 Å². The largest absolute Gasteiger partial charge is 0.493 e. The predicted octanol–water partition coefficient (Wildman–Crippen LogP) is 3.82. The third kappa shape index (κ3) is 3.51. The fourth-order valence-corrected chi connectivity index (χ4v) is 3.01. The van der Waals surface area contributed by atoms with E-state index in [-0.39, 0.29) is 11.3 Å². The molecule has 0 saturated carbocycles. The first-order valence-corrected chi connectivity index (χ1v) is 8.54. The van der Waals surface area contributed by atoms with Crippen molar-refractivity contribution in [2.45, 2.75) is 0 Å². The van der Waals surface area contributed by atoms with Gasteiger partial charge in [0.1, 0.15) is 0 Å². The number of methoxy groups -OCH3 is 2. The van der Waals surface area contributed by atoms with Gasteiger partial charge in [0.05, 0.1) is 25.9 Å². The molecule has 0 aliphatic carbocycles. The van der Waals surface area contributed by atoms with Crippen LogP contribution in [0.2, 0.25) is 0 Å². The van der Waals surface area contributed by atoms with E-state index in [1.807, 2.05) is 30.3 Å². The first-order chi connectivity index (χ1) is 13.6. The number of nitriles is 1. The molecular weight excluding hydrogens is 356 g/mol. The number of nitrogens with zero attached hydrogens (tertiary/aromatic N) is 1. The van der Waals surface area contributed by atoms with E-state index in [1.54, 1.807) is 30.3 Å². The Morgan fingerprint density at radius 3 is 2.39 bits per heavy atom. The number of amides is 1. The van der Waals surface area contributed by atoms with Crippen LogP contribution in [0.1, 0.15) is 10.4 Å². The van der Waals surface area contributed by atoms with E-state index >= 15 is 0 Å². The van der Waals surface area contributed by atoms with Crippen LogP contribution in [-0.2, 0) is 4.79 Å². The van der Waals surface area contributed by atoms with Crippen molar-refractivity contribution in [3.63, 3.8) is 0 Å². The Morgan fingerprint density at radius 1 is 0.964 bits per heavy atom. The standard InChI is InChI=1S/C22H18N2O4/c1-27-19-12-6-10-16(21(19)28-2)20(25)17(13-23)22(26)24-18-11-5-8-14-7-3-4-9-15(14)18/h3-12,17H,1-2H3,(H,24,26)/t17-/m0/s1.